The summed E-state index contributed by atoms with van der Waals surface area (Å²) in [5.41, 5.74) is 0.882. The van der Waals surface area contributed by atoms with Crippen LogP contribution in [-0.4, -0.2) is 44.9 Å². The van der Waals surface area contributed by atoms with Gasteiger partial charge in [0, 0.05) is 6.54 Å². The van der Waals surface area contributed by atoms with E-state index in [1.54, 1.807) is 5.32 Å². The second kappa shape index (κ2) is 8.08. The summed E-state index contributed by atoms with van der Waals surface area (Å²) in [5.74, 6) is -0.692. The largest absolute Gasteiger partial charge is 0.405 e. The summed E-state index contributed by atoms with van der Waals surface area (Å²) in [4.78, 5) is 10.9. The average Bonchev–Trinajstić information content (AvgIpc) is 2.19. The van der Waals surface area contributed by atoms with Crippen molar-refractivity contribution in [2.45, 2.75) is 13.1 Å². The Labute approximate surface area is 98.2 Å². The van der Waals surface area contributed by atoms with E-state index in [2.05, 4.69) is 11.9 Å². The van der Waals surface area contributed by atoms with Gasteiger partial charge in [0.15, 0.2) is 0 Å². The van der Waals surface area contributed by atoms with E-state index in [0.717, 1.165) is 5.57 Å². The summed E-state index contributed by atoms with van der Waals surface area (Å²) in [6.45, 7) is 5.19. The molecule has 0 aliphatic carbocycles. The molecule has 0 aromatic carbocycles. The fourth-order valence-electron chi connectivity index (χ4n) is 0.854. The van der Waals surface area contributed by atoms with E-state index >= 15 is 0 Å². The van der Waals surface area contributed by atoms with Crippen LogP contribution in [0, 0.1) is 0 Å². The van der Waals surface area contributed by atoms with Crippen LogP contribution in [0.2, 0.25) is 0 Å². The zero-order valence-electron chi connectivity index (χ0n) is 9.69. The van der Waals surface area contributed by atoms with Crippen LogP contribution >= 0.6 is 0 Å². The summed E-state index contributed by atoms with van der Waals surface area (Å²) in [6.07, 6.45) is -4.37. The van der Waals surface area contributed by atoms with Crippen molar-refractivity contribution < 1.29 is 22.7 Å². The number of carbonyl (C=O) groups excluding carboxylic acids is 1. The molecule has 0 aliphatic rings. The number of ether oxygens (including phenoxy) is 1. The second-order valence-electron chi connectivity index (χ2n) is 3.58. The maximum absolute atomic E-state index is 11.7. The molecule has 0 aliphatic heterocycles. The SMILES string of the molecule is C=C(C)COCCNCC(=O)NCC(F)(F)F. The van der Waals surface area contributed by atoms with E-state index in [4.69, 9.17) is 4.74 Å². The summed E-state index contributed by atoms with van der Waals surface area (Å²) in [6, 6.07) is 0. The van der Waals surface area contributed by atoms with Crippen molar-refractivity contribution in [3.63, 3.8) is 0 Å². The highest BCUT2D eigenvalue weighted by molar-refractivity contribution is 5.77. The second-order valence-corrected chi connectivity index (χ2v) is 3.58. The molecule has 17 heavy (non-hydrogen) atoms. The lowest BCUT2D eigenvalue weighted by molar-refractivity contribution is -0.137. The van der Waals surface area contributed by atoms with Gasteiger partial charge in [0.2, 0.25) is 5.91 Å². The summed E-state index contributed by atoms with van der Waals surface area (Å²) in [7, 11) is 0. The molecule has 0 spiro atoms. The number of hydrogen-bond acceptors (Lipinski definition) is 3. The Hall–Kier alpha value is -1.08. The van der Waals surface area contributed by atoms with Crippen molar-refractivity contribution in [1.29, 1.82) is 0 Å². The topological polar surface area (TPSA) is 50.4 Å². The van der Waals surface area contributed by atoms with E-state index in [1.807, 2.05) is 6.92 Å². The van der Waals surface area contributed by atoms with Gasteiger partial charge in [0.1, 0.15) is 6.54 Å². The number of hydrogen-bond donors (Lipinski definition) is 2. The standard InChI is InChI=1S/C10H17F3N2O2/c1-8(2)6-17-4-3-14-5-9(16)15-7-10(11,12)13/h14H,1,3-7H2,2H3,(H,15,16). The molecule has 0 atom stereocenters. The normalized spacial score (nSPS) is 11.3. The Kier molecular flexibility index (Phi) is 7.56. The molecule has 4 nitrogen and oxygen atoms in total. The van der Waals surface area contributed by atoms with Gasteiger partial charge in [-0.15, -0.1) is 0 Å². The van der Waals surface area contributed by atoms with Crippen LogP contribution in [-0.2, 0) is 9.53 Å². The molecule has 0 heterocycles. The molecular weight excluding hydrogens is 237 g/mol. The van der Waals surface area contributed by atoms with Crippen LogP contribution in [0.25, 0.3) is 0 Å². The van der Waals surface area contributed by atoms with E-state index in [9.17, 15) is 18.0 Å². The van der Waals surface area contributed by atoms with E-state index < -0.39 is 18.6 Å². The molecule has 0 aromatic rings. The van der Waals surface area contributed by atoms with Gasteiger partial charge in [0.25, 0.3) is 0 Å². The predicted molar refractivity (Wildman–Crippen MR) is 57.6 cm³/mol. The molecule has 0 rings (SSSR count). The molecule has 7 heteroatoms. The Morgan fingerprint density at radius 1 is 1.41 bits per heavy atom. The van der Waals surface area contributed by atoms with Gasteiger partial charge in [-0.2, -0.15) is 13.2 Å². The molecule has 0 saturated carbocycles. The number of halogens is 3. The van der Waals surface area contributed by atoms with Crippen LogP contribution in [0.15, 0.2) is 12.2 Å². The summed E-state index contributed by atoms with van der Waals surface area (Å²) in [5, 5.41) is 4.41. The molecule has 100 valence electrons. The minimum atomic E-state index is -4.37. The van der Waals surface area contributed by atoms with Crippen molar-refractivity contribution in [2.75, 3.05) is 32.8 Å². The number of carbonyl (C=O) groups is 1. The lowest BCUT2D eigenvalue weighted by atomic mass is 10.4. The van der Waals surface area contributed by atoms with E-state index in [0.29, 0.717) is 19.8 Å². The molecule has 2 N–H and O–H groups in total. The zero-order chi connectivity index (χ0) is 13.3. The molecule has 0 bridgehead atoms. The lowest BCUT2D eigenvalue weighted by Gasteiger charge is -2.09. The molecule has 0 unspecified atom stereocenters. The third-order valence-corrected chi connectivity index (χ3v) is 1.54. The smallest absolute Gasteiger partial charge is 0.376 e. The molecule has 0 aromatic heterocycles. The average molecular weight is 254 g/mol. The number of alkyl halides is 3. The maximum atomic E-state index is 11.7. The number of amides is 1. The van der Waals surface area contributed by atoms with Crippen molar-refractivity contribution >= 4 is 5.91 Å². The number of nitrogens with one attached hydrogen (secondary N) is 2. The minimum Gasteiger partial charge on any atom is -0.376 e. The van der Waals surface area contributed by atoms with Gasteiger partial charge in [0.05, 0.1) is 19.8 Å². The summed E-state index contributed by atoms with van der Waals surface area (Å²) < 4.78 is 40.3. The van der Waals surface area contributed by atoms with Crippen molar-refractivity contribution in [3.8, 4) is 0 Å². The third kappa shape index (κ3) is 12.9. The van der Waals surface area contributed by atoms with Crippen molar-refractivity contribution in [3.05, 3.63) is 12.2 Å². The van der Waals surface area contributed by atoms with E-state index in [-0.39, 0.29) is 6.54 Å². The molecular formula is C10H17F3N2O2. The van der Waals surface area contributed by atoms with Gasteiger partial charge in [-0.1, -0.05) is 12.2 Å². The van der Waals surface area contributed by atoms with Gasteiger partial charge in [-0.05, 0) is 6.92 Å². The van der Waals surface area contributed by atoms with E-state index in [1.165, 1.54) is 0 Å². The molecule has 0 fully saturated rings. The molecule has 0 saturated heterocycles. The lowest BCUT2D eigenvalue weighted by Crippen LogP contribution is -2.39. The van der Waals surface area contributed by atoms with Crippen LogP contribution in [0.3, 0.4) is 0 Å². The molecule has 1 amide bonds. The highest BCUT2D eigenvalue weighted by atomic mass is 19.4. The van der Waals surface area contributed by atoms with Crippen LogP contribution in [0.1, 0.15) is 6.92 Å². The predicted octanol–water partition coefficient (Wildman–Crippen LogP) is 0.847. The first-order valence-corrected chi connectivity index (χ1v) is 5.07. The highest BCUT2D eigenvalue weighted by Gasteiger charge is 2.27. The first-order chi connectivity index (χ1) is 7.81. The van der Waals surface area contributed by atoms with Gasteiger partial charge < -0.3 is 15.4 Å². The fraction of sp³-hybridized carbons (Fsp3) is 0.700. The van der Waals surface area contributed by atoms with Crippen molar-refractivity contribution in [1.82, 2.24) is 10.6 Å². The Morgan fingerprint density at radius 3 is 2.59 bits per heavy atom. The first kappa shape index (κ1) is 15.9. The Bertz CT molecular complexity index is 254. The van der Waals surface area contributed by atoms with Crippen molar-refractivity contribution in [2.24, 2.45) is 0 Å². The maximum Gasteiger partial charge on any atom is 0.405 e. The monoisotopic (exact) mass is 254 g/mol. The molecule has 0 radical (unpaired) electrons. The first-order valence-electron chi connectivity index (χ1n) is 5.07. The van der Waals surface area contributed by atoms with Gasteiger partial charge in [-0.3, -0.25) is 4.79 Å². The van der Waals surface area contributed by atoms with Gasteiger partial charge in [-0.25, -0.2) is 0 Å². The van der Waals surface area contributed by atoms with Crippen LogP contribution in [0.5, 0.6) is 0 Å². The third-order valence-electron chi connectivity index (χ3n) is 1.54. The van der Waals surface area contributed by atoms with Crippen LogP contribution in [0.4, 0.5) is 13.2 Å². The zero-order valence-corrected chi connectivity index (χ0v) is 9.69. The van der Waals surface area contributed by atoms with Crippen LogP contribution < -0.4 is 10.6 Å². The summed E-state index contributed by atoms with van der Waals surface area (Å²) >= 11 is 0. The van der Waals surface area contributed by atoms with Gasteiger partial charge >= 0.3 is 6.18 Å². The minimum absolute atomic E-state index is 0.160. The number of rotatable bonds is 8. The fourth-order valence-corrected chi connectivity index (χ4v) is 0.854. The quantitative estimate of drug-likeness (QED) is 0.498. The highest BCUT2D eigenvalue weighted by Crippen LogP contribution is 2.11. The Balaban J connectivity index is 3.37. The Morgan fingerprint density at radius 2 is 2.06 bits per heavy atom.